The number of hydrogen-bond acceptors (Lipinski definition) is 5. The largest absolute Gasteiger partial charge is 0.348 e. The third-order valence-corrected chi connectivity index (χ3v) is 6.09. The minimum absolute atomic E-state index is 0.0692. The van der Waals surface area contributed by atoms with E-state index in [4.69, 9.17) is 0 Å². The van der Waals surface area contributed by atoms with Gasteiger partial charge in [0, 0.05) is 25.5 Å². The minimum Gasteiger partial charge on any atom is -0.348 e. The van der Waals surface area contributed by atoms with Gasteiger partial charge in [0.2, 0.25) is 15.9 Å². The van der Waals surface area contributed by atoms with E-state index < -0.39 is 15.9 Å². The maximum Gasteiger partial charge on any atom is 0.253 e. The first-order valence-corrected chi connectivity index (χ1v) is 12.1. The third kappa shape index (κ3) is 7.23. The zero-order valence-corrected chi connectivity index (χ0v) is 19.3. The Bertz CT molecular complexity index is 1210. The summed E-state index contributed by atoms with van der Waals surface area (Å²) < 4.78 is 25.6. The van der Waals surface area contributed by atoms with Gasteiger partial charge in [-0.25, -0.2) is 8.42 Å². The summed E-state index contributed by atoms with van der Waals surface area (Å²) in [5.41, 5.74) is 3.25. The normalized spacial score (nSPS) is 11.2. The quantitative estimate of drug-likeness (QED) is 0.504. The van der Waals surface area contributed by atoms with Crippen molar-refractivity contribution in [2.75, 3.05) is 18.1 Å². The first-order valence-electron chi connectivity index (χ1n) is 10.3. The number of sulfonamides is 1. The molecule has 0 aliphatic rings. The molecule has 9 heteroatoms. The molecule has 0 unspecified atom stereocenters. The molecule has 0 spiro atoms. The van der Waals surface area contributed by atoms with Gasteiger partial charge in [-0.3, -0.25) is 14.6 Å². The highest BCUT2D eigenvalue weighted by Crippen LogP contribution is 2.16. The van der Waals surface area contributed by atoms with Crippen LogP contribution in [0.5, 0.6) is 0 Å². The van der Waals surface area contributed by atoms with Crippen molar-refractivity contribution in [2.24, 2.45) is 0 Å². The number of benzene rings is 2. The van der Waals surface area contributed by atoms with Crippen molar-refractivity contribution in [3.63, 3.8) is 0 Å². The van der Waals surface area contributed by atoms with E-state index in [1.54, 1.807) is 42.7 Å². The Morgan fingerprint density at radius 3 is 2.36 bits per heavy atom. The summed E-state index contributed by atoms with van der Waals surface area (Å²) in [5.74, 6) is -0.908. The number of pyridine rings is 1. The number of carbonyl (C=O) groups excluding carboxylic acids is 2. The lowest BCUT2D eigenvalue weighted by molar-refractivity contribution is -0.116. The lowest BCUT2D eigenvalue weighted by Crippen LogP contribution is -2.37. The number of amides is 2. The average Bonchev–Trinajstić information content (AvgIpc) is 2.79. The number of nitrogens with zero attached hydrogens (tertiary/aromatic N) is 2. The molecular weight excluding hydrogens is 440 g/mol. The molecule has 33 heavy (non-hydrogen) atoms. The van der Waals surface area contributed by atoms with Gasteiger partial charge in [-0.05, 0) is 36.2 Å². The molecule has 172 valence electrons. The van der Waals surface area contributed by atoms with Crippen LogP contribution in [0, 0.1) is 6.92 Å². The molecular formula is C24H26N4O4S. The summed E-state index contributed by atoms with van der Waals surface area (Å²) in [7, 11) is -3.64. The minimum atomic E-state index is -3.64. The Balaban J connectivity index is 1.68. The molecule has 1 heterocycles. The lowest BCUT2D eigenvalue weighted by Gasteiger charge is -2.20. The zero-order chi connectivity index (χ0) is 23.8. The summed E-state index contributed by atoms with van der Waals surface area (Å²) in [4.78, 5) is 29.4. The van der Waals surface area contributed by atoms with Crippen molar-refractivity contribution in [3.8, 4) is 0 Å². The fraction of sp³-hybridized carbons (Fsp3) is 0.208. The molecule has 0 radical (unpaired) electrons. The molecule has 0 fully saturated rings. The van der Waals surface area contributed by atoms with Gasteiger partial charge >= 0.3 is 0 Å². The Kier molecular flexibility index (Phi) is 7.92. The van der Waals surface area contributed by atoms with E-state index in [0.29, 0.717) is 5.69 Å². The first kappa shape index (κ1) is 24.1. The van der Waals surface area contributed by atoms with Crippen molar-refractivity contribution in [2.45, 2.75) is 20.0 Å². The second-order valence-corrected chi connectivity index (χ2v) is 9.64. The summed E-state index contributed by atoms with van der Waals surface area (Å²) in [6.45, 7) is 1.92. The molecule has 0 saturated heterocycles. The number of aromatic nitrogens is 1. The van der Waals surface area contributed by atoms with E-state index in [0.717, 1.165) is 27.3 Å². The van der Waals surface area contributed by atoms with Crippen LogP contribution in [0.25, 0.3) is 0 Å². The molecule has 1 aromatic heterocycles. The van der Waals surface area contributed by atoms with Crippen LogP contribution in [0.15, 0.2) is 73.1 Å². The van der Waals surface area contributed by atoms with E-state index in [9.17, 15) is 18.0 Å². The smallest absolute Gasteiger partial charge is 0.253 e. The monoisotopic (exact) mass is 466 g/mol. The number of aryl methyl sites for hydroxylation is 1. The van der Waals surface area contributed by atoms with Crippen LogP contribution in [0.3, 0.4) is 0 Å². The van der Waals surface area contributed by atoms with Gasteiger partial charge in [0.25, 0.3) is 5.91 Å². The van der Waals surface area contributed by atoms with Gasteiger partial charge < -0.3 is 10.6 Å². The number of anilines is 1. The van der Waals surface area contributed by atoms with Crippen LogP contribution in [0.1, 0.15) is 27.0 Å². The number of rotatable bonds is 9. The van der Waals surface area contributed by atoms with Crippen molar-refractivity contribution < 1.29 is 18.0 Å². The highest BCUT2D eigenvalue weighted by atomic mass is 32.2. The van der Waals surface area contributed by atoms with Crippen LogP contribution in [-0.4, -0.2) is 42.3 Å². The molecule has 0 aliphatic carbocycles. The van der Waals surface area contributed by atoms with Crippen molar-refractivity contribution >= 4 is 27.5 Å². The second-order valence-electron chi connectivity index (χ2n) is 7.65. The second kappa shape index (κ2) is 10.8. The van der Waals surface area contributed by atoms with E-state index in [1.165, 1.54) is 0 Å². The maximum absolute atomic E-state index is 12.7. The van der Waals surface area contributed by atoms with E-state index in [-0.39, 0.29) is 31.1 Å². The van der Waals surface area contributed by atoms with Gasteiger partial charge in [-0.1, -0.05) is 48.0 Å². The van der Waals surface area contributed by atoms with Crippen LogP contribution in [-0.2, 0) is 27.9 Å². The van der Waals surface area contributed by atoms with Crippen molar-refractivity contribution in [3.05, 3.63) is 95.3 Å². The van der Waals surface area contributed by atoms with Crippen LogP contribution >= 0.6 is 0 Å². The molecule has 0 saturated carbocycles. The predicted molar refractivity (Wildman–Crippen MR) is 127 cm³/mol. The van der Waals surface area contributed by atoms with E-state index >= 15 is 0 Å². The third-order valence-electron chi connectivity index (χ3n) is 4.89. The molecule has 3 aromatic rings. The van der Waals surface area contributed by atoms with Gasteiger partial charge in [-0.2, -0.15) is 4.31 Å². The lowest BCUT2D eigenvalue weighted by atomic mass is 10.1. The fourth-order valence-electron chi connectivity index (χ4n) is 3.11. The Labute approximate surface area is 193 Å². The molecule has 2 N–H and O–H groups in total. The Hall–Kier alpha value is -3.56. The Morgan fingerprint density at radius 1 is 0.970 bits per heavy atom. The zero-order valence-electron chi connectivity index (χ0n) is 18.5. The maximum atomic E-state index is 12.7. The molecule has 0 aliphatic heterocycles. The van der Waals surface area contributed by atoms with E-state index in [2.05, 4.69) is 15.6 Å². The van der Waals surface area contributed by atoms with Gasteiger partial charge in [0.05, 0.1) is 24.1 Å². The van der Waals surface area contributed by atoms with Crippen LogP contribution in [0.2, 0.25) is 0 Å². The molecule has 0 bridgehead atoms. The number of carbonyl (C=O) groups is 2. The Morgan fingerprint density at radius 2 is 1.70 bits per heavy atom. The standard InChI is InChI=1S/C24H26N4O4S/c1-18-9-11-19(12-10-18)16-28(33(2,31)32)17-23(29)27-22-8-4-3-7-21(22)24(30)26-15-20-6-5-13-25-14-20/h3-14H,15-17H2,1-2H3,(H,26,30)(H,27,29). The SMILES string of the molecule is Cc1ccc(CN(CC(=O)Nc2ccccc2C(=O)NCc2cccnc2)S(C)(=O)=O)cc1. The fourth-order valence-corrected chi connectivity index (χ4v) is 3.84. The number of hydrogen-bond donors (Lipinski definition) is 2. The topological polar surface area (TPSA) is 108 Å². The van der Waals surface area contributed by atoms with Gasteiger partial charge in [0.15, 0.2) is 0 Å². The molecule has 0 atom stereocenters. The highest BCUT2D eigenvalue weighted by Gasteiger charge is 2.22. The summed E-state index contributed by atoms with van der Waals surface area (Å²) in [6.07, 6.45) is 4.37. The highest BCUT2D eigenvalue weighted by molar-refractivity contribution is 7.88. The van der Waals surface area contributed by atoms with Crippen LogP contribution < -0.4 is 10.6 Å². The van der Waals surface area contributed by atoms with Crippen LogP contribution in [0.4, 0.5) is 5.69 Å². The number of nitrogens with one attached hydrogen (secondary N) is 2. The summed E-state index contributed by atoms with van der Waals surface area (Å²) in [5, 5.41) is 5.46. The van der Waals surface area contributed by atoms with Gasteiger partial charge in [-0.15, -0.1) is 0 Å². The molecule has 2 amide bonds. The predicted octanol–water partition coefficient (Wildman–Crippen LogP) is 2.72. The molecule has 2 aromatic carbocycles. The average molecular weight is 467 g/mol. The van der Waals surface area contributed by atoms with E-state index in [1.807, 2.05) is 37.3 Å². The summed E-state index contributed by atoms with van der Waals surface area (Å²) in [6, 6.07) is 17.6. The first-order chi connectivity index (χ1) is 15.7. The van der Waals surface area contributed by atoms with Crippen molar-refractivity contribution in [1.82, 2.24) is 14.6 Å². The molecule has 3 rings (SSSR count). The van der Waals surface area contributed by atoms with Crippen molar-refractivity contribution in [1.29, 1.82) is 0 Å². The number of para-hydroxylation sites is 1. The molecule has 8 nitrogen and oxygen atoms in total. The van der Waals surface area contributed by atoms with Gasteiger partial charge in [0.1, 0.15) is 0 Å². The summed E-state index contributed by atoms with van der Waals surface area (Å²) >= 11 is 0.